The number of nitrogens with zero attached hydrogens (tertiary/aromatic N) is 2. The number of carbonyl (C=O) groups excluding carboxylic acids is 2. The number of anilines is 1. The zero-order valence-electron chi connectivity index (χ0n) is 16.3. The summed E-state index contributed by atoms with van der Waals surface area (Å²) < 4.78 is 20.6. The number of Topliss-reactive ketones (excluding diaryl/α,β-unsaturated/α-hetero) is 1. The van der Waals surface area contributed by atoms with Crippen molar-refractivity contribution in [3.8, 4) is 5.75 Å². The molecule has 158 valence electrons. The van der Waals surface area contributed by atoms with Crippen molar-refractivity contribution in [2.75, 3.05) is 18.5 Å². The Morgan fingerprint density at radius 1 is 1.30 bits per heavy atom. The van der Waals surface area contributed by atoms with Crippen molar-refractivity contribution < 1.29 is 18.7 Å². The van der Waals surface area contributed by atoms with Gasteiger partial charge in [-0.05, 0) is 43.2 Å². The fourth-order valence-corrected chi connectivity index (χ4v) is 5.23. The van der Waals surface area contributed by atoms with Gasteiger partial charge in [0.15, 0.2) is 12.4 Å². The van der Waals surface area contributed by atoms with Crippen molar-refractivity contribution in [3.63, 3.8) is 0 Å². The van der Waals surface area contributed by atoms with Crippen LogP contribution < -0.4 is 15.4 Å². The summed E-state index contributed by atoms with van der Waals surface area (Å²) >= 11 is 5.63. The average molecular weight is 433 g/mol. The molecule has 3 aliphatic carbocycles. The Bertz CT molecular complexity index is 994. The van der Waals surface area contributed by atoms with Crippen molar-refractivity contribution in [2.45, 2.75) is 44.2 Å². The third kappa shape index (κ3) is 3.43. The number of amides is 1. The summed E-state index contributed by atoms with van der Waals surface area (Å²) in [6, 6.07) is 5.89. The van der Waals surface area contributed by atoms with E-state index in [1.54, 1.807) is 0 Å². The van der Waals surface area contributed by atoms with E-state index in [-0.39, 0.29) is 40.0 Å². The Labute approximate surface area is 177 Å². The van der Waals surface area contributed by atoms with E-state index in [0.717, 1.165) is 50.7 Å². The van der Waals surface area contributed by atoms with Gasteiger partial charge in [-0.25, -0.2) is 9.07 Å². The zero-order valence-corrected chi connectivity index (χ0v) is 17.1. The molecule has 2 heterocycles. The van der Waals surface area contributed by atoms with Crippen LogP contribution in [-0.4, -0.2) is 40.2 Å². The lowest BCUT2D eigenvalue weighted by molar-refractivity contribution is -0.164. The summed E-state index contributed by atoms with van der Waals surface area (Å²) in [7, 11) is 0. The number of aromatic nitrogens is 2. The van der Waals surface area contributed by atoms with Gasteiger partial charge in [0.2, 0.25) is 0 Å². The second-order valence-corrected chi connectivity index (χ2v) is 9.15. The van der Waals surface area contributed by atoms with Gasteiger partial charge in [-0.2, -0.15) is 5.10 Å². The van der Waals surface area contributed by atoms with Gasteiger partial charge in [0.1, 0.15) is 23.1 Å². The number of aryl methyl sites for hydroxylation is 1. The summed E-state index contributed by atoms with van der Waals surface area (Å²) in [4.78, 5) is 24.9. The van der Waals surface area contributed by atoms with Crippen LogP contribution in [0.3, 0.4) is 0 Å². The summed E-state index contributed by atoms with van der Waals surface area (Å²) in [5, 5.41) is 10.7. The first-order valence-electron chi connectivity index (χ1n) is 10.1. The monoisotopic (exact) mass is 432 g/mol. The maximum absolute atomic E-state index is 13.4. The first kappa shape index (κ1) is 19.4. The number of hydrogen-bond acceptors (Lipinski definition) is 5. The molecule has 0 atom stereocenters. The van der Waals surface area contributed by atoms with Crippen molar-refractivity contribution in [1.29, 1.82) is 0 Å². The van der Waals surface area contributed by atoms with Crippen molar-refractivity contribution in [1.82, 2.24) is 15.1 Å². The molecule has 0 unspecified atom stereocenters. The molecular weight excluding hydrogens is 411 g/mol. The molecule has 1 aliphatic heterocycles. The second-order valence-electron chi connectivity index (χ2n) is 8.74. The largest absolute Gasteiger partial charge is 0.484 e. The van der Waals surface area contributed by atoms with Gasteiger partial charge in [-0.15, -0.1) is 0 Å². The SMILES string of the molecule is O=C(COc1ccc(Cl)c(F)c1)NC12CC(CC(=O)c3cc4n(n3)CCCN4)(C1)C2. The van der Waals surface area contributed by atoms with E-state index >= 15 is 0 Å². The molecule has 6 rings (SSSR count). The molecular formula is C21H22ClFN4O3. The second kappa shape index (κ2) is 6.97. The van der Waals surface area contributed by atoms with Gasteiger partial charge in [0.25, 0.3) is 5.91 Å². The molecule has 30 heavy (non-hydrogen) atoms. The van der Waals surface area contributed by atoms with Crippen LogP contribution in [-0.2, 0) is 11.3 Å². The molecule has 0 spiro atoms. The van der Waals surface area contributed by atoms with Crippen molar-refractivity contribution >= 4 is 29.1 Å². The standard InChI is InChI=1S/C21H22ClFN4O3/c22-14-3-2-13(6-15(14)23)30-9-19(29)25-21-10-20(11-21,12-21)8-17(28)16-7-18-24-4-1-5-27(18)26-16/h2-3,6-7,24H,1,4-5,8-12H2,(H,25,29). The number of nitrogens with one attached hydrogen (secondary N) is 2. The van der Waals surface area contributed by atoms with E-state index in [0.29, 0.717) is 12.1 Å². The summed E-state index contributed by atoms with van der Waals surface area (Å²) in [6.45, 7) is 1.55. The number of ether oxygens (including phenoxy) is 1. The highest BCUT2D eigenvalue weighted by Crippen LogP contribution is 2.69. The van der Waals surface area contributed by atoms with Crippen LogP contribution in [0.5, 0.6) is 5.75 Å². The lowest BCUT2D eigenvalue weighted by Crippen LogP contribution is -2.75. The molecule has 7 nitrogen and oxygen atoms in total. The topological polar surface area (TPSA) is 85.2 Å². The normalized spacial score (nSPS) is 25.9. The fourth-order valence-electron chi connectivity index (χ4n) is 5.11. The molecule has 4 aliphatic rings. The Morgan fingerprint density at radius 3 is 2.83 bits per heavy atom. The predicted octanol–water partition coefficient (Wildman–Crippen LogP) is 3.18. The van der Waals surface area contributed by atoms with Crippen LogP contribution in [0.1, 0.15) is 42.6 Å². The Hall–Kier alpha value is -2.61. The first-order valence-corrected chi connectivity index (χ1v) is 10.5. The molecule has 1 aromatic heterocycles. The van der Waals surface area contributed by atoms with Gasteiger partial charge >= 0.3 is 0 Å². The minimum absolute atomic E-state index is 0.00693. The number of ketones is 1. The van der Waals surface area contributed by atoms with E-state index in [2.05, 4.69) is 15.7 Å². The quantitative estimate of drug-likeness (QED) is 0.656. The molecule has 0 saturated heterocycles. The third-order valence-corrected chi connectivity index (χ3v) is 6.57. The molecule has 1 aromatic carbocycles. The maximum Gasteiger partial charge on any atom is 0.258 e. The zero-order chi connectivity index (χ0) is 20.9. The van der Waals surface area contributed by atoms with Crippen LogP contribution in [0.15, 0.2) is 24.3 Å². The van der Waals surface area contributed by atoms with E-state index in [1.165, 1.54) is 12.1 Å². The Kier molecular flexibility index (Phi) is 4.50. The predicted molar refractivity (Wildman–Crippen MR) is 108 cm³/mol. The van der Waals surface area contributed by atoms with E-state index < -0.39 is 5.82 Å². The molecule has 9 heteroatoms. The molecule has 1 amide bonds. The van der Waals surface area contributed by atoms with Crippen molar-refractivity contribution in [3.05, 3.63) is 40.8 Å². The Morgan fingerprint density at radius 2 is 2.10 bits per heavy atom. The minimum atomic E-state index is -0.588. The van der Waals surface area contributed by atoms with Gasteiger partial charge in [0, 0.05) is 37.2 Å². The number of carbonyl (C=O) groups is 2. The summed E-state index contributed by atoms with van der Waals surface area (Å²) in [5.74, 6) is 0.384. The van der Waals surface area contributed by atoms with Gasteiger partial charge < -0.3 is 15.4 Å². The molecule has 2 N–H and O–H groups in total. The number of benzene rings is 1. The van der Waals surface area contributed by atoms with Crippen LogP contribution in [0.4, 0.5) is 10.2 Å². The smallest absolute Gasteiger partial charge is 0.258 e. The number of fused-ring (bicyclic) bond motifs is 1. The average Bonchev–Trinajstić information content (AvgIpc) is 3.10. The van der Waals surface area contributed by atoms with Crippen molar-refractivity contribution in [2.24, 2.45) is 5.41 Å². The highest BCUT2D eigenvalue weighted by molar-refractivity contribution is 6.30. The minimum Gasteiger partial charge on any atom is -0.484 e. The van der Waals surface area contributed by atoms with Gasteiger partial charge in [-0.3, -0.25) is 9.59 Å². The van der Waals surface area contributed by atoms with Crippen LogP contribution >= 0.6 is 11.6 Å². The molecule has 3 fully saturated rings. The molecule has 3 saturated carbocycles. The highest BCUT2D eigenvalue weighted by Gasteiger charge is 2.68. The number of rotatable bonds is 7. The van der Waals surface area contributed by atoms with Crippen LogP contribution in [0.25, 0.3) is 0 Å². The maximum atomic E-state index is 13.4. The van der Waals surface area contributed by atoms with E-state index in [4.69, 9.17) is 16.3 Å². The lowest BCUT2D eigenvalue weighted by Gasteiger charge is -2.70. The summed E-state index contributed by atoms with van der Waals surface area (Å²) in [6.07, 6.45) is 3.84. The van der Waals surface area contributed by atoms with Gasteiger partial charge in [0.05, 0.1) is 5.02 Å². The van der Waals surface area contributed by atoms with E-state index in [9.17, 15) is 14.0 Å². The van der Waals surface area contributed by atoms with Crippen LogP contribution in [0.2, 0.25) is 5.02 Å². The Balaban J connectivity index is 1.10. The first-order chi connectivity index (χ1) is 14.4. The fraction of sp³-hybridized carbons (Fsp3) is 0.476. The van der Waals surface area contributed by atoms with E-state index in [1.807, 2.05) is 10.7 Å². The van der Waals surface area contributed by atoms with Crippen LogP contribution in [0, 0.1) is 11.2 Å². The number of halogens is 2. The van der Waals surface area contributed by atoms with Gasteiger partial charge in [-0.1, -0.05) is 11.6 Å². The third-order valence-electron chi connectivity index (χ3n) is 6.26. The summed E-state index contributed by atoms with van der Waals surface area (Å²) in [5.41, 5.74) is 0.258. The molecule has 0 radical (unpaired) electrons. The highest BCUT2D eigenvalue weighted by atomic mass is 35.5. The molecule has 2 bridgehead atoms. The lowest BCUT2D eigenvalue weighted by atomic mass is 9.38. The molecule has 2 aromatic rings. The number of hydrogen-bond donors (Lipinski definition) is 2.